The van der Waals surface area contributed by atoms with Crippen molar-refractivity contribution in [2.45, 2.75) is 25.7 Å². The third-order valence-electron chi connectivity index (χ3n) is 8.12. The van der Waals surface area contributed by atoms with Crippen molar-refractivity contribution < 1.29 is 29.0 Å². The Hall–Kier alpha value is -6.06. The fraction of sp³-hybridized carbons (Fsp3) is 0.222. The topological polar surface area (TPSA) is 174 Å². The number of carbonyl (C=O) groups is 3. The Kier molecular flexibility index (Phi) is 9.69. The van der Waals surface area contributed by atoms with Crippen LogP contribution in [0.5, 0.6) is 5.75 Å². The zero-order valence-corrected chi connectivity index (χ0v) is 26.0. The molecule has 12 heteroatoms. The van der Waals surface area contributed by atoms with E-state index in [0.717, 1.165) is 44.5 Å². The first-order valence-corrected chi connectivity index (χ1v) is 15.6. The van der Waals surface area contributed by atoms with Gasteiger partial charge in [0.05, 0.1) is 6.61 Å². The summed E-state index contributed by atoms with van der Waals surface area (Å²) in [5.41, 5.74) is 10.5. The first kappa shape index (κ1) is 31.9. The van der Waals surface area contributed by atoms with Gasteiger partial charge in [-0.15, -0.1) is 5.26 Å². The number of ether oxygens (including phenoxy) is 2. The van der Waals surface area contributed by atoms with Gasteiger partial charge in [0.1, 0.15) is 5.75 Å². The number of fused-ring (bicyclic) bond motifs is 6. The molecule has 2 aliphatic carbocycles. The molecule has 244 valence electrons. The minimum atomic E-state index is -0.581. The lowest BCUT2D eigenvalue weighted by molar-refractivity contribution is 0.160. The highest BCUT2D eigenvalue weighted by atomic mass is 16.5. The predicted molar refractivity (Wildman–Crippen MR) is 181 cm³/mol. The zero-order valence-electron chi connectivity index (χ0n) is 26.0. The van der Waals surface area contributed by atoms with Crippen molar-refractivity contribution in [1.29, 1.82) is 5.26 Å². The fourth-order valence-corrected chi connectivity index (χ4v) is 5.97. The number of anilines is 3. The van der Waals surface area contributed by atoms with Crippen LogP contribution in [-0.4, -0.2) is 49.6 Å². The van der Waals surface area contributed by atoms with E-state index >= 15 is 0 Å². The second-order valence-corrected chi connectivity index (χ2v) is 11.4. The number of rotatable bonds is 11. The van der Waals surface area contributed by atoms with Crippen LogP contribution in [0.4, 0.5) is 31.4 Å². The molecule has 0 spiro atoms. The molecule has 0 saturated carbocycles. The van der Waals surface area contributed by atoms with E-state index in [4.69, 9.17) is 19.8 Å². The normalized spacial score (nSPS) is 11.6. The Morgan fingerprint density at radius 3 is 1.67 bits per heavy atom. The van der Waals surface area contributed by atoms with Crippen LogP contribution in [0, 0.1) is 11.5 Å². The predicted octanol–water partition coefficient (Wildman–Crippen LogP) is 5.95. The van der Waals surface area contributed by atoms with Gasteiger partial charge in [-0.05, 0) is 119 Å². The average molecular weight is 647 g/mol. The summed E-state index contributed by atoms with van der Waals surface area (Å²) in [6.45, 7) is 0.854. The van der Waals surface area contributed by atoms with Crippen LogP contribution in [0.2, 0.25) is 0 Å². The standard InChI is InChI=1S/C36H34N6O6/c37-21-48-29-6-10-33-25(20-29)16-24-19-28(5-9-32(24)33)42-36(46)47-14-2-12-39-35(45)41-27-4-8-31-23(18-27)15-22-17-26(3-7-30(22)31)40-34(44)38-11-1-13-43/h3-10,17-20,43H,1-2,11-16H2,(H,42,46)(H2,38,40,44)(H2,39,41,45). The van der Waals surface area contributed by atoms with E-state index in [1.165, 1.54) is 0 Å². The molecule has 0 unspecified atom stereocenters. The quantitative estimate of drug-likeness (QED) is 0.0745. The molecule has 0 fully saturated rings. The van der Waals surface area contributed by atoms with Crippen LogP contribution in [0.15, 0.2) is 72.8 Å². The van der Waals surface area contributed by atoms with Gasteiger partial charge in [0.15, 0.2) is 0 Å². The van der Waals surface area contributed by atoms with Gasteiger partial charge < -0.3 is 35.8 Å². The molecule has 2 aliphatic rings. The molecule has 0 bridgehead atoms. The van der Waals surface area contributed by atoms with Crippen LogP contribution in [0.3, 0.4) is 0 Å². The second kappa shape index (κ2) is 14.6. The van der Waals surface area contributed by atoms with E-state index in [0.29, 0.717) is 61.6 Å². The van der Waals surface area contributed by atoms with Crippen molar-refractivity contribution in [2.75, 3.05) is 42.3 Å². The molecule has 0 aromatic heterocycles. The number of carbonyl (C=O) groups excluding carboxylic acids is 3. The number of nitrogens with zero attached hydrogens (tertiary/aromatic N) is 1. The summed E-state index contributed by atoms with van der Waals surface area (Å²) in [5, 5.41) is 31.5. The number of aliphatic hydroxyl groups excluding tert-OH is 1. The maximum absolute atomic E-state index is 12.5. The molecule has 6 N–H and O–H groups in total. The molecule has 0 heterocycles. The van der Waals surface area contributed by atoms with Gasteiger partial charge in [0, 0.05) is 36.8 Å². The smallest absolute Gasteiger partial charge is 0.411 e. The lowest BCUT2D eigenvalue weighted by atomic mass is 10.1. The number of hydrogen-bond acceptors (Lipinski definition) is 7. The molecule has 6 rings (SSSR count). The third kappa shape index (κ3) is 7.49. The Morgan fingerprint density at radius 2 is 1.15 bits per heavy atom. The molecule has 0 radical (unpaired) electrons. The molecule has 4 aromatic rings. The van der Waals surface area contributed by atoms with Gasteiger partial charge in [-0.3, -0.25) is 5.32 Å². The van der Waals surface area contributed by atoms with Gasteiger partial charge >= 0.3 is 18.2 Å². The van der Waals surface area contributed by atoms with Crippen molar-refractivity contribution in [3.05, 3.63) is 95.1 Å². The maximum Gasteiger partial charge on any atom is 0.411 e. The Morgan fingerprint density at radius 1 is 0.667 bits per heavy atom. The highest BCUT2D eigenvalue weighted by Crippen LogP contribution is 2.40. The molecule has 48 heavy (non-hydrogen) atoms. The Balaban J connectivity index is 0.907. The van der Waals surface area contributed by atoms with Gasteiger partial charge in [-0.25, -0.2) is 14.4 Å². The molecule has 5 amide bonds. The average Bonchev–Trinajstić information content (AvgIpc) is 3.61. The molecular weight excluding hydrogens is 612 g/mol. The summed E-state index contributed by atoms with van der Waals surface area (Å²) in [4.78, 5) is 36.9. The van der Waals surface area contributed by atoms with E-state index in [-0.39, 0.29) is 25.3 Å². The van der Waals surface area contributed by atoms with Gasteiger partial charge in [0.2, 0.25) is 0 Å². The van der Waals surface area contributed by atoms with Crippen molar-refractivity contribution in [2.24, 2.45) is 0 Å². The minimum Gasteiger partial charge on any atom is -0.449 e. The summed E-state index contributed by atoms with van der Waals surface area (Å²) in [6.07, 6.45) is 3.37. The van der Waals surface area contributed by atoms with Gasteiger partial charge in [0.25, 0.3) is 6.26 Å². The molecule has 0 saturated heterocycles. The highest BCUT2D eigenvalue weighted by molar-refractivity contribution is 5.92. The van der Waals surface area contributed by atoms with Crippen LogP contribution in [0.25, 0.3) is 22.3 Å². The van der Waals surface area contributed by atoms with E-state index in [9.17, 15) is 14.4 Å². The van der Waals surface area contributed by atoms with E-state index in [2.05, 4.69) is 26.6 Å². The van der Waals surface area contributed by atoms with Crippen LogP contribution in [-0.2, 0) is 17.6 Å². The largest absolute Gasteiger partial charge is 0.449 e. The van der Waals surface area contributed by atoms with E-state index in [1.807, 2.05) is 66.7 Å². The van der Waals surface area contributed by atoms with Gasteiger partial charge in [-0.1, -0.05) is 24.3 Å². The highest BCUT2D eigenvalue weighted by Gasteiger charge is 2.21. The third-order valence-corrected chi connectivity index (χ3v) is 8.12. The maximum atomic E-state index is 12.5. The molecule has 0 atom stereocenters. The Bertz CT molecular complexity index is 1920. The fourth-order valence-electron chi connectivity index (χ4n) is 5.97. The number of urea groups is 2. The monoisotopic (exact) mass is 646 g/mol. The molecule has 12 nitrogen and oxygen atoms in total. The minimum absolute atomic E-state index is 0.0191. The number of amides is 5. The van der Waals surface area contributed by atoms with E-state index in [1.54, 1.807) is 12.3 Å². The summed E-state index contributed by atoms with van der Waals surface area (Å²) in [7, 11) is 0. The van der Waals surface area contributed by atoms with Crippen molar-refractivity contribution in [3.8, 4) is 34.3 Å². The first-order chi connectivity index (χ1) is 23.4. The number of nitriles is 1. The lowest BCUT2D eigenvalue weighted by Crippen LogP contribution is -2.30. The lowest BCUT2D eigenvalue weighted by Gasteiger charge is -2.10. The molecular formula is C36H34N6O6. The zero-order chi connectivity index (χ0) is 33.5. The number of hydrogen-bond donors (Lipinski definition) is 6. The number of benzene rings is 4. The number of aliphatic hydroxyl groups is 1. The van der Waals surface area contributed by atoms with Crippen molar-refractivity contribution >= 4 is 35.2 Å². The summed E-state index contributed by atoms with van der Waals surface area (Å²) in [5.74, 6) is 0.497. The van der Waals surface area contributed by atoms with E-state index < -0.39 is 6.09 Å². The van der Waals surface area contributed by atoms with Crippen molar-refractivity contribution in [1.82, 2.24) is 10.6 Å². The van der Waals surface area contributed by atoms with Gasteiger partial charge in [-0.2, -0.15) is 0 Å². The molecule has 0 aliphatic heterocycles. The van der Waals surface area contributed by atoms with Crippen LogP contribution in [0.1, 0.15) is 35.1 Å². The second-order valence-electron chi connectivity index (χ2n) is 11.4. The number of nitrogens with one attached hydrogen (secondary N) is 5. The van der Waals surface area contributed by atoms with Crippen LogP contribution >= 0.6 is 0 Å². The first-order valence-electron chi connectivity index (χ1n) is 15.6. The summed E-state index contributed by atoms with van der Waals surface area (Å²) < 4.78 is 10.2. The Labute approximate surface area is 277 Å². The summed E-state index contributed by atoms with van der Waals surface area (Å²) >= 11 is 0. The molecule has 4 aromatic carbocycles. The van der Waals surface area contributed by atoms with Crippen LogP contribution < -0.4 is 31.3 Å². The summed E-state index contributed by atoms with van der Waals surface area (Å²) in [6, 6.07) is 22.0. The van der Waals surface area contributed by atoms with Crippen molar-refractivity contribution in [3.63, 3.8) is 0 Å². The SMILES string of the molecule is N#COc1ccc2c(c1)Cc1cc(NC(=O)OCCCNC(=O)Nc3ccc4c(c3)Cc3cc(NC(=O)NCCCO)ccc3-4)ccc1-2.